The monoisotopic (exact) mass is 270 g/mol. The van der Waals surface area contributed by atoms with Crippen LogP contribution >= 0.6 is 11.3 Å². The number of hydrogen-bond donors (Lipinski definition) is 2. The number of hydrogen-bond acceptors (Lipinski definition) is 5. The van der Waals surface area contributed by atoms with Crippen LogP contribution in [0, 0.1) is 0 Å². The normalized spacial score (nSPS) is 17.9. The maximum atomic E-state index is 11.8. The van der Waals surface area contributed by atoms with E-state index in [9.17, 15) is 9.90 Å². The largest absolute Gasteiger partial charge is 0.388 e. The molecule has 2 rings (SSSR count). The molecule has 0 bridgehead atoms. The highest BCUT2D eigenvalue weighted by Gasteiger charge is 2.31. The van der Waals surface area contributed by atoms with Gasteiger partial charge in [0.1, 0.15) is 10.7 Å². The molecule has 0 atom stereocenters. The first-order valence-electron chi connectivity index (χ1n) is 6.07. The predicted octanol–water partition coefficient (Wildman–Crippen LogP) is 1.32. The topological polar surface area (TPSA) is 71.5 Å². The molecule has 1 aliphatic carbocycles. The summed E-state index contributed by atoms with van der Waals surface area (Å²) in [5.41, 5.74) is -0.324. The lowest BCUT2D eigenvalue weighted by Crippen LogP contribution is -2.40. The second-order valence-corrected chi connectivity index (χ2v) is 5.62. The molecule has 0 unspecified atom stereocenters. The Kier molecular flexibility index (Phi) is 4.31. The number of ether oxygens (including phenoxy) is 1. The summed E-state index contributed by atoms with van der Waals surface area (Å²) >= 11 is 1.40. The summed E-state index contributed by atoms with van der Waals surface area (Å²) in [5, 5.41) is 15.4. The van der Waals surface area contributed by atoms with Gasteiger partial charge >= 0.3 is 0 Å². The van der Waals surface area contributed by atoms with E-state index >= 15 is 0 Å². The number of thiazole rings is 1. The SMILES string of the molecule is COCc1nc(C(=O)NCC2(O)CCCC2)cs1. The van der Waals surface area contributed by atoms with Crippen molar-refractivity contribution in [2.24, 2.45) is 0 Å². The maximum absolute atomic E-state index is 11.8. The summed E-state index contributed by atoms with van der Waals surface area (Å²) in [5.74, 6) is -0.228. The first kappa shape index (κ1) is 13.5. The van der Waals surface area contributed by atoms with Crippen LogP contribution in [-0.2, 0) is 11.3 Å². The van der Waals surface area contributed by atoms with Gasteiger partial charge in [0, 0.05) is 19.0 Å². The molecule has 1 saturated carbocycles. The van der Waals surface area contributed by atoms with E-state index in [1.165, 1.54) is 11.3 Å². The van der Waals surface area contributed by atoms with Crippen molar-refractivity contribution in [1.29, 1.82) is 0 Å². The second kappa shape index (κ2) is 5.77. The minimum atomic E-state index is -0.721. The maximum Gasteiger partial charge on any atom is 0.270 e. The fourth-order valence-electron chi connectivity index (χ4n) is 2.15. The highest BCUT2D eigenvalue weighted by molar-refractivity contribution is 7.09. The van der Waals surface area contributed by atoms with Crippen molar-refractivity contribution in [3.63, 3.8) is 0 Å². The van der Waals surface area contributed by atoms with Crippen LogP contribution in [0.1, 0.15) is 41.2 Å². The molecule has 1 aromatic heterocycles. The molecule has 1 heterocycles. The second-order valence-electron chi connectivity index (χ2n) is 4.67. The van der Waals surface area contributed by atoms with Gasteiger partial charge in [-0.15, -0.1) is 11.3 Å². The van der Waals surface area contributed by atoms with Crippen molar-refractivity contribution in [1.82, 2.24) is 10.3 Å². The third kappa shape index (κ3) is 3.28. The number of nitrogens with one attached hydrogen (secondary N) is 1. The first-order chi connectivity index (χ1) is 8.63. The molecular weight excluding hydrogens is 252 g/mol. The average Bonchev–Trinajstić information content (AvgIpc) is 2.97. The first-order valence-corrected chi connectivity index (χ1v) is 6.95. The van der Waals surface area contributed by atoms with Crippen molar-refractivity contribution in [2.45, 2.75) is 37.9 Å². The van der Waals surface area contributed by atoms with E-state index < -0.39 is 5.60 Å². The van der Waals surface area contributed by atoms with Gasteiger partial charge in [-0.05, 0) is 12.8 Å². The zero-order valence-corrected chi connectivity index (χ0v) is 11.3. The number of aromatic nitrogens is 1. The van der Waals surface area contributed by atoms with Crippen molar-refractivity contribution in [3.8, 4) is 0 Å². The fraction of sp³-hybridized carbons (Fsp3) is 0.667. The molecule has 0 spiro atoms. The zero-order chi connectivity index (χ0) is 13.0. The molecule has 0 saturated heterocycles. The molecule has 0 aromatic carbocycles. The average molecular weight is 270 g/mol. The molecule has 1 amide bonds. The molecule has 1 aliphatic rings. The molecular formula is C12H18N2O3S. The Bertz CT molecular complexity index is 413. The fourth-order valence-corrected chi connectivity index (χ4v) is 2.89. The lowest BCUT2D eigenvalue weighted by atomic mass is 10.0. The van der Waals surface area contributed by atoms with Gasteiger partial charge in [-0.2, -0.15) is 0 Å². The third-order valence-corrected chi connectivity index (χ3v) is 3.99. The highest BCUT2D eigenvalue weighted by atomic mass is 32.1. The van der Waals surface area contributed by atoms with E-state index in [-0.39, 0.29) is 5.91 Å². The van der Waals surface area contributed by atoms with Gasteiger partial charge in [0.05, 0.1) is 12.2 Å². The summed E-state index contributed by atoms with van der Waals surface area (Å²) in [6.45, 7) is 0.727. The van der Waals surface area contributed by atoms with Gasteiger partial charge < -0.3 is 15.2 Å². The van der Waals surface area contributed by atoms with Crippen LogP contribution in [0.15, 0.2) is 5.38 Å². The van der Waals surface area contributed by atoms with Crippen LogP contribution in [0.25, 0.3) is 0 Å². The van der Waals surface area contributed by atoms with Gasteiger partial charge in [-0.25, -0.2) is 4.98 Å². The van der Waals surface area contributed by atoms with Crippen molar-refractivity contribution in [3.05, 3.63) is 16.1 Å². The van der Waals surface area contributed by atoms with Crippen molar-refractivity contribution in [2.75, 3.05) is 13.7 Å². The van der Waals surface area contributed by atoms with E-state index in [4.69, 9.17) is 4.74 Å². The summed E-state index contributed by atoms with van der Waals surface area (Å²) in [4.78, 5) is 16.0. The van der Waals surface area contributed by atoms with E-state index in [1.54, 1.807) is 12.5 Å². The van der Waals surface area contributed by atoms with Crippen LogP contribution in [0.5, 0.6) is 0 Å². The molecule has 6 heteroatoms. The Morgan fingerprint density at radius 1 is 1.61 bits per heavy atom. The summed E-state index contributed by atoms with van der Waals surface area (Å²) in [6.07, 6.45) is 3.58. The number of carbonyl (C=O) groups is 1. The Morgan fingerprint density at radius 2 is 2.33 bits per heavy atom. The molecule has 0 radical (unpaired) electrons. The molecule has 2 N–H and O–H groups in total. The van der Waals surface area contributed by atoms with Gasteiger partial charge in [0.2, 0.25) is 0 Å². The quantitative estimate of drug-likeness (QED) is 0.846. The van der Waals surface area contributed by atoms with Crippen LogP contribution in [0.2, 0.25) is 0 Å². The van der Waals surface area contributed by atoms with E-state index in [1.807, 2.05) is 0 Å². The van der Waals surface area contributed by atoms with Crippen LogP contribution in [0.4, 0.5) is 0 Å². The predicted molar refractivity (Wildman–Crippen MR) is 68.6 cm³/mol. The smallest absolute Gasteiger partial charge is 0.270 e. The Morgan fingerprint density at radius 3 is 3.00 bits per heavy atom. The van der Waals surface area contributed by atoms with Crippen LogP contribution < -0.4 is 5.32 Å². The van der Waals surface area contributed by atoms with Gasteiger partial charge in [-0.1, -0.05) is 12.8 Å². The zero-order valence-electron chi connectivity index (χ0n) is 10.4. The van der Waals surface area contributed by atoms with E-state index in [2.05, 4.69) is 10.3 Å². The van der Waals surface area contributed by atoms with Gasteiger partial charge in [0.15, 0.2) is 0 Å². The molecule has 18 heavy (non-hydrogen) atoms. The Balaban J connectivity index is 1.87. The minimum absolute atomic E-state index is 0.228. The summed E-state index contributed by atoms with van der Waals surface area (Å²) in [6, 6.07) is 0. The van der Waals surface area contributed by atoms with E-state index in [0.717, 1.165) is 30.7 Å². The summed E-state index contributed by atoms with van der Waals surface area (Å²) < 4.78 is 4.95. The Labute approximate surface area is 110 Å². The minimum Gasteiger partial charge on any atom is -0.388 e. The van der Waals surface area contributed by atoms with Crippen LogP contribution in [-0.4, -0.2) is 35.3 Å². The molecule has 1 aromatic rings. The molecule has 5 nitrogen and oxygen atoms in total. The number of aliphatic hydroxyl groups is 1. The third-order valence-electron chi connectivity index (χ3n) is 3.16. The lowest BCUT2D eigenvalue weighted by Gasteiger charge is -2.21. The number of nitrogens with zero attached hydrogens (tertiary/aromatic N) is 1. The number of methoxy groups -OCH3 is 1. The van der Waals surface area contributed by atoms with Crippen molar-refractivity contribution < 1.29 is 14.6 Å². The van der Waals surface area contributed by atoms with Gasteiger partial charge in [0.25, 0.3) is 5.91 Å². The van der Waals surface area contributed by atoms with Crippen LogP contribution in [0.3, 0.4) is 0 Å². The molecule has 0 aliphatic heterocycles. The molecule has 100 valence electrons. The Hall–Kier alpha value is -0.980. The number of carbonyl (C=O) groups excluding carboxylic acids is 1. The highest BCUT2D eigenvalue weighted by Crippen LogP contribution is 2.28. The standard InChI is InChI=1S/C12H18N2O3S/c1-17-6-10-14-9(7-18-10)11(15)13-8-12(16)4-2-3-5-12/h7,16H,2-6,8H2,1H3,(H,13,15). The number of rotatable bonds is 5. The van der Waals surface area contributed by atoms with Gasteiger partial charge in [-0.3, -0.25) is 4.79 Å². The number of amides is 1. The molecule has 1 fully saturated rings. The lowest BCUT2D eigenvalue weighted by molar-refractivity contribution is 0.0448. The van der Waals surface area contributed by atoms with Crippen molar-refractivity contribution >= 4 is 17.2 Å². The summed E-state index contributed by atoms with van der Waals surface area (Å²) in [7, 11) is 1.59. The van der Waals surface area contributed by atoms with E-state index in [0.29, 0.717) is 18.8 Å².